The Labute approximate surface area is 86.0 Å². The number of thiophene rings is 1. The maximum absolute atomic E-state index is 11.3. The summed E-state index contributed by atoms with van der Waals surface area (Å²) in [5.41, 5.74) is -0.0448. The lowest BCUT2D eigenvalue weighted by atomic mass is 10.4. The van der Waals surface area contributed by atoms with Crippen molar-refractivity contribution in [2.24, 2.45) is 0 Å². The Hall–Kier alpha value is -0.430. The first kappa shape index (κ1) is 8.18. The zero-order chi connectivity index (χ0) is 8.72. The van der Waals surface area contributed by atoms with Gasteiger partial charge in [0.15, 0.2) is 0 Å². The molecule has 12 heavy (non-hydrogen) atoms. The van der Waals surface area contributed by atoms with Gasteiger partial charge in [-0.25, -0.2) is 4.98 Å². The third kappa shape index (κ3) is 1.27. The maximum atomic E-state index is 11.3. The molecule has 0 spiro atoms. The van der Waals surface area contributed by atoms with Crippen LogP contribution < -0.4 is 5.56 Å². The highest BCUT2D eigenvalue weighted by Gasteiger charge is 2.04. The lowest BCUT2D eigenvalue weighted by Crippen LogP contribution is -2.07. The van der Waals surface area contributed by atoms with Crippen molar-refractivity contribution in [1.82, 2.24) is 9.97 Å². The summed E-state index contributed by atoms with van der Waals surface area (Å²) in [6.45, 7) is 1.79. The predicted octanol–water partition coefficient (Wildman–Crippen LogP) is 1.90. The van der Waals surface area contributed by atoms with Crippen molar-refractivity contribution in [3.63, 3.8) is 0 Å². The smallest absolute Gasteiger partial charge is 0.259 e. The van der Waals surface area contributed by atoms with Crippen LogP contribution in [0.5, 0.6) is 0 Å². The number of halogens is 1. The summed E-state index contributed by atoms with van der Waals surface area (Å²) in [5, 5.41) is 0.690. The first-order valence-electron chi connectivity index (χ1n) is 3.33. The molecule has 1 N–H and O–H groups in total. The Bertz CT molecular complexity index is 488. The minimum absolute atomic E-state index is 0.0448. The molecule has 5 heteroatoms. The monoisotopic (exact) mass is 292 g/mol. The van der Waals surface area contributed by atoms with E-state index in [2.05, 4.69) is 32.6 Å². The third-order valence-electron chi connectivity index (χ3n) is 1.49. The molecular weight excluding hydrogens is 287 g/mol. The topological polar surface area (TPSA) is 45.8 Å². The standard InChI is InChI=1S/C7H5IN2OS/c1-3-9-6(11)4-2-5(8)12-7(4)10-3/h2H,1H3,(H,9,10,11). The van der Waals surface area contributed by atoms with Crippen LogP contribution in [-0.4, -0.2) is 9.97 Å². The zero-order valence-corrected chi connectivity index (χ0v) is 9.19. The SMILES string of the molecule is Cc1nc2sc(I)cc2c(=O)[nH]1. The van der Waals surface area contributed by atoms with E-state index in [9.17, 15) is 4.79 Å². The van der Waals surface area contributed by atoms with Gasteiger partial charge in [-0.15, -0.1) is 11.3 Å². The fourth-order valence-electron chi connectivity index (χ4n) is 1.01. The van der Waals surface area contributed by atoms with Gasteiger partial charge in [-0.2, -0.15) is 0 Å². The molecule has 2 aromatic rings. The van der Waals surface area contributed by atoms with Crippen LogP contribution in [0.4, 0.5) is 0 Å². The van der Waals surface area contributed by atoms with E-state index in [-0.39, 0.29) is 5.56 Å². The Kier molecular flexibility index (Phi) is 1.91. The van der Waals surface area contributed by atoms with Gasteiger partial charge in [0.05, 0.1) is 8.27 Å². The van der Waals surface area contributed by atoms with Crippen molar-refractivity contribution in [3.8, 4) is 0 Å². The third-order valence-corrected chi connectivity index (χ3v) is 3.28. The van der Waals surface area contributed by atoms with Crippen LogP contribution >= 0.6 is 33.9 Å². The lowest BCUT2D eigenvalue weighted by molar-refractivity contribution is 1.07. The van der Waals surface area contributed by atoms with E-state index in [0.29, 0.717) is 11.2 Å². The first-order valence-corrected chi connectivity index (χ1v) is 5.22. The molecule has 2 rings (SSSR count). The van der Waals surface area contributed by atoms with Crippen LogP contribution in [0.3, 0.4) is 0 Å². The fourth-order valence-corrected chi connectivity index (χ4v) is 2.75. The molecule has 0 bridgehead atoms. The summed E-state index contributed by atoms with van der Waals surface area (Å²) >= 11 is 3.72. The van der Waals surface area contributed by atoms with Gasteiger partial charge in [0.1, 0.15) is 10.7 Å². The highest BCUT2D eigenvalue weighted by Crippen LogP contribution is 2.21. The van der Waals surface area contributed by atoms with Crippen LogP contribution in [-0.2, 0) is 0 Å². The normalized spacial score (nSPS) is 10.8. The number of hydrogen-bond acceptors (Lipinski definition) is 3. The average molecular weight is 292 g/mol. The number of aryl methyl sites for hydroxylation is 1. The van der Waals surface area contributed by atoms with E-state index >= 15 is 0 Å². The number of aromatic nitrogens is 2. The predicted molar refractivity (Wildman–Crippen MR) is 57.7 cm³/mol. The molecule has 0 unspecified atom stereocenters. The van der Waals surface area contributed by atoms with Gasteiger partial charge in [0, 0.05) is 0 Å². The molecule has 0 aliphatic heterocycles. The molecule has 0 saturated carbocycles. The summed E-state index contributed by atoms with van der Waals surface area (Å²) in [6, 6.07) is 1.85. The van der Waals surface area contributed by atoms with Gasteiger partial charge in [0.25, 0.3) is 5.56 Å². The van der Waals surface area contributed by atoms with Crippen molar-refractivity contribution in [2.75, 3.05) is 0 Å². The van der Waals surface area contributed by atoms with Crippen LogP contribution in [0.15, 0.2) is 10.9 Å². The van der Waals surface area contributed by atoms with E-state index in [1.807, 2.05) is 6.07 Å². The number of hydrogen-bond donors (Lipinski definition) is 1. The van der Waals surface area contributed by atoms with Crippen LogP contribution in [0.25, 0.3) is 10.2 Å². The molecule has 0 atom stereocenters. The van der Waals surface area contributed by atoms with Crippen molar-refractivity contribution in [2.45, 2.75) is 6.92 Å². The molecule has 2 heterocycles. The van der Waals surface area contributed by atoms with E-state index in [4.69, 9.17) is 0 Å². The van der Waals surface area contributed by atoms with Crippen molar-refractivity contribution in [1.29, 1.82) is 0 Å². The number of rotatable bonds is 0. The quantitative estimate of drug-likeness (QED) is 0.754. The highest BCUT2D eigenvalue weighted by molar-refractivity contribution is 14.1. The van der Waals surface area contributed by atoms with Gasteiger partial charge in [-0.05, 0) is 35.6 Å². The molecule has 3 nitrogen and oxygen atoms in total. The number of nitrogens with zero attached hydrogens (tertiary/aromatic N) is 1. The van der Waals surface area contributed by atoms with Crippen LogP contribution in [0.2, 0.25) is 0 Å². The van der Waals surface area contributed by atoms with E-state index < -0.39 is 0 Å². The molecule has 2 aromatic heterocycles. The molecule has 0 radical (unpaired) electrons. The second-order valence-electron chi connectivity index (χ2n) is 2.42. The minimum Gasteiger partial charge on any atom is -0.310 e. The van der Waals surface area contributed by atoms with Gasteiger partial charge in [0.2, 0.25) is 0 Å². The average Bonchev–Trinajstić information content (AvgIpc) is 2.29. The minimum atomic E-state index is -0.0448. The molecule has 0 amide bonds. The van der Waals surface area contributed by atoms with Crippen molar-refractivity contribution >= 4 is 44.1 Å². The van der Waals surface area contributed by atoms with Crippen LogP contribution in [0, 0.1) is 9.81 Å². The Morgan fingerprint density at radius 3 is 3.17 bits per heavy atom. The number of fused-ring (bicyclic) bond motifs is 1. The van der Waals surface area contributed by atoms with E-state index in [1.165, 1.54) is 11.3 Å². The fraction of sp³-hybridized carbons (Fsp3) is 0.143. The van der Waals surface area contributed by atoms with Crippen molar-refractivity contribution in [3.05, 3.63) is 25.1 Å². The molecule has 0 fully saturated rings. The summed E-state index contributed by atoms with van der Waals surface area (Å²) in [5.74, 6) is 0.672. The van der Waals surface area contributed by atoms with Crippen LogP contribution in [0.1, 0.15) is 5.82 Å². The molecule has 0 aromatic carbocycles. The number of H-pyrrole nitrogens is 1. The van der Waals surface area contributed by atoms with Gasteiger partial charge in [-0.3, -0.25) is 4.79 Å². The van der Waals surface area contributed by atoms with Gasteiger partial charge in [-0.1, -0.05) is 0 Å². The Balaban J connectivity index is 2.98. The number of aromatic amines is 1. The summed E-state index contributed by atoms with van der Waals surface area (Å²) < 4.78 is 1.09. The molecule has 0 aliphatic carbocycles. The zero-order valence-electron chi connectivity index (χ0n) is 6.22. The van der Waals surface area contributed by atoms with Gasteiger partial charge >= 0.3 is 0 Å². The first-order chi connectivity index (χ1) is 5.66. The highest BCUT2D eigenvalue weighted by atomic mass is 127. The number of nitrogens with one attached hydrogen (secondary N) is 1. The largest absolute Gasteiger partial charge is 0.310 e. The second kappa shape index (κ2) is 2.81. The summed E-state index contributed by atoms with van der Waals surface area (Å²) in [7, 11) is 0. The second-order valence-corrected chi connectivity index (χ2v) is 5.35. The molecule has 0 saturated heterocycles. The lowest BCUT2D eigenvalue weighted by Gasteiger charge is -1.89. The Morgan fingerprint density at radius 1 is 1.67 bits per heavy atom. The van der Waals surface area contributed by atoms with Gasteiger partial charge < -0.3 is 4.98 Å². The Morgan fingerprint density at radius 2 is 2.42 bits per heavy atom. The van der Waals surface area contributed by atoms with E-state index in [1.54, 1.807) is 6.92 Å². The van der Waals surface area contributed by atoms with Crippen molar-refractivity contribution < 1.29 is 0 Å². The molecular formula is C7H5IN2OS. The summed E-state index contributed by atoms with van der Waals surface area (Å²) in [4.78, 5) is 19.0. The maximum Gasteiger partial charge on any atom is 0.259 e. The van der Waals surface area contributed by atoms with E-state index in [0.717, 1.165) is 7.71 Å². The molecule has 62 valence electrons. The summed E-state index contributed by atoms with van der Waals surface area (Å²) in [6.07, 6.45) is 0. The molecule has 0 aliphatic rings.